The van der Waals surface area contributed by atoms with E-state index in [1.807, 2.05) is 35.2 Å². The van der Waals surface area contributed by atoms with Gasteiger partial charge in [0.05, 0.1) is 0 Å². The van der Waals surface area contributed by atoms with E-state index in [0.717, 1.165) is 11.0 Å². The number of rotatable bonds is 0. The average molecular weight is 181 g/mol. The summed E-state index contributed by atoms with van der Waals surface area (Å²) in [5, 5.41) is 2.45. The standard InChI is InChI=1S/C12H9N2/c1-14-11-5-3-2-4-9(11)10-6-7-13-8-12(10)14/h2-8H,1H2/q-1. The van der Waals surface area contributed by atoms with Crippen LogP contribution in [0.1, 0.15) is 0 Å². The zero-order valence-corrected chi connectivity index (χ0v) is 7.64. The fourth-order valence-electron chi connectivity index (χ4n) is 1.90. The van der Waals surface area contributed by atoms with Gasteiger partial charge in [0.15, 0.2) is 0 Å². The minimum Gasteiger partial charge on any atom is -0.479 e. The number of nitrogens with zero attached hydrogens (tertiary/aromatic N) is 2. The maximum atomic E-state index is 4.11. The average Bonchev–Trinajstić information content (AvgIpc) is 2.55. The lowest BCUT2D eigenvalue weighted by Crippen LogP contribution is -1.83. The highest BCUT2D eigenvalue weighted by atomic mass is 14.9. The summed E-state index contributed by atoms with van der Waals surface area (Å²) in [4.78, 5) is 4.11. The van der Waals surface area contributed by atoms with Crippen LogP contribution in [0.5, 0.6) is 0 Å². The Hall–Kier alpha value is -1.96. The van der Waals surface area contributed by atoms with Gasteiger partial charge in [0.1, 0.15) is 0 Å². The van der Waals surface area contributed by atoms with Crippen molar-refractivity contribution in [3.05, 3.63) is 49.8 Å². The first-order chi connectivity index (χ1) is 6.88. The van der Waals surface area contributed by atoms with Gasteiger partial charge in [0.25, 0.3) is 0 Å². The van der Waals surface area contributed by atoms with E-state index in [1.165, 1.54) is 10.8 Å². The Bertz CT molecular complexity index is 555. The van der Waals surface area contributed by atoms with Crippen molar-refractivity contribution >= 4 is 21.8 Å². The first-order valence-electron chi connectivity index (χ1n) is 4.52. The minimum absolute atomic E-state index is 1.08. The van der Waals surface area contributed by atoms with Gasteiger partial charge in [0.2, 0.25) is 0 Å². The highest BCUT2D eigenvalue weighted by Crippen LogP contribution is 2.26. The molecule has 14 heavy (non-hydrogen) atoms. The number of benzene rings is 1. The third-order valence-corrected chi connectivity index (χ3v) is 2.58. The molecule has 0 aliphatic rings. The van der Waals surface area contributed by atoms with Gasteiger partial charge in [-0.15, -0.1) is 7.05 Å². The van der Waals surface area contributed by atoms with Crippen LogP contribution in [0.4, 0.5) is 0 Å². The van der Waals surface area contributed by atoms with Crippen LogP contribution in [-0.4, -0.2) is 9.55 Å². The summed E-state index contributed by atoms with van der Waals surface area (Å²) in [5.41, 5.74) is 2.23. The van der Waals surface area contributed by atoms with Crippen molar-refractivity contribution in [3.63, 3.8) is 0 Å². The quantitative estimate of drug-likeness (QED) is 0.487. The molecule has 0 saturated carbocycles. The topological polar surface area (TPSA) is 17.8 Å². The van der Waals surface area contributed by atoms with Crippen LogP contribution in [0.15, 0.2) is 42.7 Å². The minimum atomic E-state index is 1.08. The van der Waals surface area contributed by atoms with Crippen LogP contribution >= 0.6 is 0 Å². The summed E-state index contributed by atoms with van der Waals surface area (Å²) in [6.45, 7) is 0. The van der Waals surface area contributed by atoms with Crippen LogP contribution in [0, 0.1) is 7.05 Å². The van der Waals surface area contributed by atoms with Crippen LogP contribution in [-0.2, 0) is 0 Å². The van der Waals surface area contributed by atoms with Gasteiger partial charge in [-0.05, 0) is 17.8 Å². The van der Waals surface area contributed by atoms with Crippen LogP contribution < -0.4 is 0 Å². The Morgan fingerprint density at radius 2 is 1.79 bits per heavy atom. The first kappa shape index (κ1) is 7.44. The van der Waals surface area contributed by atoms with E-state index in [1.54, 1.807) is 0 Å². The molecule has 3 aromatic rings. The number of aromatic nitrogens is 2. The third-order valence-electron chi connectivity index (χ3n) is 2.58. The van der Waals surface area contributed by atoms with E-state index in [-0.39, 0.29) is 0 Å². The van der Waals surface area contributed by atoms with Gasteiger partial charge in [0, 0.05) is 6.20 Å². The molecule has 2 heteroatoms. The molecular weight excluding hydrogens is 172 g/mol. The zero-order chi connectivity index (χ0) is 9.54. The molecule has 0 bridgehead atoms. The molecule has 0 spiro atoms. The lowest BCUT2D eigenvalue weighted by Gasteiger charge is -2.05. The molecule has 0 amide bonds. The lowest BCUT2D eigenvalue weighted by molar-refractivity contribution is 1.18. The van der Waals surface area contributed by atoms with Crippen LogP contribution in [0.2, 0.25) is 0 Å². The van der Waals surface area contributed by atoms with E-state index in [2.05, 4.69) is 24.2 Å². The van der Waals surface area contributed by atoms with Crippen LogP contribution in [0.3, 0.4) is 0 Å². The molecule has 0 aliphatic heterocycles. The monoisotopic (exact) mass is 181 g/mol. The Balaban J connectivity index is 2.69. The normalized spacial score (nSPS) is 11.1. The number of hydrogen-bond donors (Lipinski definition) is 0. The largest absolute Gasteiger partial charge is 0.479 e. The summed E-state index contributed by atoms with van der Waals surface area (Å²) >= 11 is 0. The van der Waals surface area contributed by atoms with E-state index >= 15 is 0 Å². The zero-order valence-electron chi connectivity index (χ0n) is 7.64. The van der Waals surface area contributed by atoms with Crippen LogP contribution in [0.25, 0.3) is 21.8 Å². The maximum absolute atomic E-state index is 4.11. The molecule has 0 aliphatic carbocycles. The Morgan fingerprint density at radius 1 is 1.00 bits per heavy atom. The molecule has 0 saturated heterocycles. The molecule has 68 valence electrons. The van der Waals surface area contributed by atoms with Crippen molar-refractivity contribution < 1.29 is 0 Å². The predicted octanol–water partition coefficient (Wildman–Crippen LogP) is 2.83. The second-order valence-electron chi connectivity index (χ2n) is 3.34. The van der Waals surface area contributed by atoms with Gasteiger partial charge in [-0.1, -0.05) is 40.6 Å². The molecule has 0 N–H and O–H groups in total. The van der Waals surface area contributed by atoms with Crippen molar-refractivity contribution in [2.75, 3.05) is 0 Å². The van der Waals surface area contributed by atoms with Crippen molar-refractivity contribution in [1.29, 1.82) is 0 Å². The van der Waals surface area contributed by atoms with Gasteiger partial charge in [-0.25, -0.2) is 0 Å². The molecule has 1 aromatic carbocycles. The lowest BCUT2D eigenvalue weighted by atomic mass is 10.2. The van der Waals surface area contributed by atoms with E-state index in [0.29, 0.717) is 0 Å². The number of pyridine rings is 1. The Morgan fingerprint density at radius 3 is 2.71 bits per heavy atom. The summed E-state index contributed by atoms with van der Waals surface area (Å²) in [7, 11) is 4.01. The number of para-hydroxylation sites is 1. The summed E-state index contributed by atoms with van der Waals surface area (Å²) < 4.78 is 1.93. The maximum Gasteiger partial charge on any atom is 0.0251 e. The highest BCUT2D eigenvalue weighted by molar-refractivity contribution is 6.07. The molecule has 0 radical (unpaired) electrons. The fourth-order valence-corrected chi connectivity index (χ4v) is 1.90. The van der Waals surface area contributed by atoms with Gasteiger partial charge < -0.3 is 4.57 Å². The molecule has 0 unspecified atom stereocenters. The van der Waals surface area contributed by atoms with Crippen molar-refractivity contribution in [3.8, 4) is 0 Å². The third kappa shape index (κ3) is 0.799. The summed E-state index contributed by atoms with van der Waals surface area (Å²) in [6.07, 6.45) is 3.66. The molecule has 2 aromatic heterocycles. The summed E-state index contributed by atoms with van der Waals surface area (Å²) in [5.74, 6) is 0. The Labute approximate surface area is 81.8 Å². The first-order valence-corrected chi connectivity index (χ1v) is 4.52. The highest BCUT2D eigenvalue weighted by Gasteiger charge is 1.97. The van der Waals surface area contributed by atoms with Gasteiger partial charge in [-0.2, -0.15) is 0 Å². The SMILES string of the molecule is [CH2-]n1c2ccccc2c2ccncc21. The number of hydrogen-bond acceptors (Lipinski definition) is 1. The van der Waals surface area contributed by atoms with Crippen molar-refractivity contribution in [1.82, 2.24) is 9.55 Å². The molecule has 0 fully saturated rings. The second-order valence-corrected chi connectivity index (χ2v) is 3.34. The van der Waals surface area contributed by atoms with Crippen molar-refractivity contribution in [2.45, 2.75) is 0 Å². The number of fused-ring (bicyclic) bond motifs is 3. The van der Waals surface area contributed by atoms with E-state index < -0.39 is 0 Å². The van der Waals surface area contributed by atoms with E-state index in [9.17, 15) is 0 Å². The molecule has 3 rings (SSSR count). The molecule has 0 atom stereocenters. The van der Waals surface area contributed by atoms with Gasteiger partial charge in [-0.3, -0.25) is 4.98 Å². The Kier molecular flexibility index (Phi) is 1.34. The van der Waals surface area contributed by atoms with Gasteiger partial charge >= 0.3 is 0 Å². The second kappa shape index (κ2) is 2.51. The summed E-state index contributed by atoms with van der Waals surface area (Å²) in [6, 6.07) is 10.3. The smallest absolute Gasteiger partial charge is 0.0251 e. The molecule has 2 nitrogen and oxygen atoms in total. The van der Waals surface area contributed by atoms with E-state index in [4.69, 9.17) is 0 Å². The predicted molar refractivity (Wildman–Crippen MR) is 58.0 cm³/mol. The molecular formula is C12H9N2-. The van der Waals surface area contributed by atoms with Crippen molar-refractivity contribution in [2.24, 2.45) is 0 Å². The fraction of sp³-hybridized carbons (Fsp3) is 0. The molecule has 2 heterocycles.